The Balaban J connectivity index is 1.95. The molecule has 0 aromatic carbocycles. The van der Waals surface area contributed by atoms with Gasteiger partial charge in [-0.1, -0.05) is 0 Å². The molecule has 3 aliphatic heterocycles. The molecule has 0 saturated carbocycles. The van der Waals surface area contributed by atoms with Gasteiger partial charge in [-0.3, -0.25) is 5.43 Å². The molecule has 0 bridgehead atoms. The quantitative estimate of drug-likeness (QED) is 0.404. The van der Waals surface area contributed by atoms with Gasteiger partial charge in [0.05, 0.1) is 12.1 Å². The van der Waals surface area contributed by atoms with Gasteiger partial charge >= 0.3 is 0 Å². The van der Waals surface area contributed by atoms with Crippen molar-refractivity contribution >= 4 is 0 Å². The van der Waals surface area contributed by atoms with Gasteiger partial charge < -0.3 is 15.4 Å². The second-order valence-corrected chi connectivity index (χ2v) is 3.73. The number of piperidine rings is 1. The zero-order chi connectivity index (χ0) is 9.38. The van der Waals surface area contributed by atoms with Crippen LogP contribution >= 0.6 is 0 Å². The Kier molecular flexibility index (Phi) is 1.85. The van der Waals surface area contributed by atoms with E-state index in [4.69, 9.17) is 4.74 Å². The topological polar surface area (TPSA) is 57.4 Å². The summed E-state index contributed by atoms with van der Waals surface area (Å²) < 4.78 is 5.47. The van der Waals surface area contributed by atoms with Gasteiger partial charge in [-0.05, 0) is 13.0 Å². The van der Waals surface area contributed by atoms with Crippen molar-refractivity contribution in [1.29, 1.82) is 0 Å². The maximum atomic E-state index is 5.47. The maximum absolute atomic E-state index is 5.47. The Morgan fingerprint density at radius 2 is 2.36 bits per heavy atom. The SMILES string of the molecule is C1=COC2=C3C(CN1)NCCC3NN2. The van der Waals surface area contributed by atoms with Crippen LogP contribution in [-0.2, 0) is 4.74 Å². The molecule has 3 heterocycles. The van der Waals surface area contributed by atoms with E-state index in [1.54, 1.807) is 6.26 Å². The molecule has 2 atom stereocenters. The van der Waals surface area contributed by atoms with Crippen LogP contribution in [0.1, 0.15) is 6.42 Å². The third-order valence-corrected chi connectivity index (χ3v) is 2.89. The highest BCUT2D eigenvalue weighted by molar-refractivity contribution is 5.28. The minimum absolute atomic E-state index is 0.371. The molecular weight excluding hydrogens is 180 g/mol. The molecule has 0 amide bonds. The molecule has 0 aromatic rings. The molecule has 3 aliphatic rings. The van der Waals surface area contributed by atoms with E-state index in [2.05, 4.69) is 21.5 Å². The number of hydrazine groups is 1. The fraction of sp³-hybridized carbons (Fsp3) is 0.556. The molecule has 5 heteroatoms. The van der Waals surface area contributed by atoms with Gasteiger partial charge in [-0.15, -0.1) is 0 Å². The minimum Gasteiger partial charge on any atom is -0.446 e. The summed E-state index contributed by atoms with van der Waals surface area (Å²) >= 11 is 0. The van der Waals surface area contributed by atoms with Crippen molar-refractivity contribution in [3.8, 4) is 0 Å². The fourth-order valence-electron chi connectivity index (χ4n) is 2.22. The van der Waals surface area contributed by atoms with E-state index in [9.17, 15) is 0 Å². The Hall–Kier alpha value is -1.20. The van der Waals surface area contributed by atoms with Crippen LogP contribution < -0.4 is 21.5 Å². The normalized spacial score (nSPS) is 34.9. The van der Waals surface area contributed by atoms with E-state index in [1.165, 1.54) is 5.57 Å². The molecule has 0 spiro atoms. The third-order valence-electron chi connectivity index (χ3n) is 2.89. The predicted molar refractivity (Wildman–Crippen MR) is 51.7 cm³/mol. The summed E-state index contributed by atoms with van der Waals surface area (Å²) in [6.45, 7) is 1.96. The first-order valence-electron chi connectivity index (χ1n) is 4.99. The van der Waals surface area contributed by atoms with Crippen LogP contribution in [-0.4, -0.2) is 25.2 Å². The van der Waals surface area contributed by atoms with Crippen molar-refractivity contribution in [2.24, 2.45) is 0 Å². The van der Waals surface area contributed by atoms with Gasteiger partial charge in [-0.2, -0.15) is 0 Å². The van der Waals surface area contributed by atoms with E-state index in [0.29, 0.717) is 12.1 Å². The molecule has 0 aromatic heterocycles. The summed E-state index contributed by atoms with van der Waals surface area (Å²) in [4.78, 5) is 0. The fourth-order valence-corrected chi connectivity index (χ4v) is 2.22. The Labute approximate surface area is 82.5 Å². The lowest BCUT2D eigenvalue weighted by molar-refractivity contribution is 0.302. The average Bonchev–Trinajstić information content (AvgIpc) is 2.57. The second-order valence-electron chi connectivity index (χ2n) is 3.73. The highest BCUT2D eigenvalue weighted by atomic mass is 16.5. The smallest absolute Gasteiger partial charge is 0.209 e. The summed E-state index contributed by atoms with van der Waals surface area (Å²) in [5.74, 6) is 0.866. The zero-order valence-corrected chi connectivity index (χ0v) is 7.84. The van der Waals surface area contributed by atoms with Crippen molar-refractivity contribution in [2.45, 2.75) is 18.5 Å². The molecule has 0 aliphatic carbocycles. The molecule has 4 N–H and O–H groups in total. The highest BCUT2D eigenvalue weighted by Crippen LogP contribution is 2.24. The lowest BCUT2D eigenvalue weighted by Crippen LogP contribution is -2.49. The summed E-state index contributed by atoms with van der Waals surface area (Å²) in [6, 6.07) is 0.792. The van der Waals surface area contributed by atoms with Gasteiger partial charge in [0.1, 0.15) is 6.26 Å². The monoisotopic (exact) mass is 194 g/mol. The van der Waals surface area contributed by atoms with E-state index < -0.39 is 0 Å². The highest BCUT2D eigenvalue weighted by Gasteiger charge is 2.35. The Morgan fingerprint density at radius 1 is 1.36 bits per heavy atom. The van der Waals surface area contributed by atoms with Gasteiger partial charge in [0.25, 0.3) is 0 Å². The van der Waals surface area contributed by atoms with Gasteiger partial charge in [0.15, 0.2) is 0 Å². The molecule has 5 nitrogen and oxygen atoms in total. The Bertz CT molecular complexity index is 299. The standard InChI is InChI=1S/C9H14N4O/c1-2-11-7-5-10-3-4-14-9-8(7)6(1)12-13-9/h3-4,6-7,10-13H,1-2,5H2. The summed E-state index contributed by atoms with van der Waals surface area (Å²) in [5.41, 5.74) is 7.63. The molecule has 14 heavy (non-hydrogen) atoms. The minimum atomic E-state index is 0.371. The number of hydrogen-bond acceptors (Lipinski definition) is 5. The zero-order valence-electron chi connectivity index (χ0n) is 7.84. The number of ether oxygens (including phenoxy) is 1. The van der Waals surface area contributed by atoms with Gasteiger partial charge in [0.2, 0.25) is 5.88 Å². The first kappa shape index (κ1) is 8.14. The van der Waals surface area contributed by atoms with Crippen LogP contribution in [0.25, 0.3) is 0 Å². The average molecular weight is 194 g/mol. The molecule has 0 radical (unpaired) electrons. The van der Waals surface area contributed by atoms with Crippen LogP contribution in [0, 0.1) is 0 Å². The number of hydrogen-bond donors (Lipinski definition) is 4. The number of rotatable bonds is 0. The summed E-state index contributed by atoms with van der Waals surface area (Å²) in [5, 5.41) is 6.67. The first-order chi connectivity index (χ1) is 6.95. The lowest BCUT2D eigenvalue weighted by Gasteiger charge is -2.30. The van der Waals surface area contributed by atoms with E-state index in [1.807, 2.05) is 6.20 Å². The molecule has 1 saturated heterocycles. The molecule has 76 valence electrons. The van der Waals surface area contributed by atoms with E-state index in [-0.39, 0.29) is 0 Å². The van der Waals surface area contributed by atoms with Crippen LogP contribution in [0.5, 0.6) is 0 Å². The largest absolute Gasteiger partial charge is 0.446 e. The third kappa shape index (κ3) is 1.17. The van der Waals surface area contributed by atoms with Gasteiger partial charge in [0, 0.05) is 18.3 Å². The van der Waals surface area contributed by atoms with Crippen molar-refractivity contribution in [1.82, 2.24) is 21.5 Å². The second kappa shape index (κ2) is 3.18. The maximum Gasteiger partial charge on any atom is 0.209 e. The summed E-state index contributed by atoms with van der Waals surface area (Å²) in [7, 11) is 0. The van der Waals surface area contributed by atoms with Gasteiger partial charge in [-0.25, -0.2) is 5.43 Å². The van der Waals surface area contributed by atoms with E-state index >= 15 is 0 Å². The lowest BCUT2D eigenvalue weighted by atomic mass is 9.94. The van der Waals surface area contributed by atoms with E-state index in [0.717, 1.165) is 25.4 Å². The predicted octanol–water partition coefficient (Wildman–Crippen LogP) is -0.873. The van der Waals surface area contributed by atoms with Crippen molar-refractivity contribution < 1.29 is 4.74 Å². The van der Waals surface area contributed by atoms with Crippen LogP contribution in [0.15, 0.2) is 23.9 Å². The number of nitrogens with one attached hydrogen (secondary N) is 4. The first-order valence-corrected chi connectivity index (χ1v) is 4.99. The molecular formula is C9H14N4O. The van der Waals surface area contributed by atoms with Crippen LogP contribution in [0.4, 0.5) is 0 Å². The van der Waals surface area contributed by atoms with Crippen molar-refractivity contribution in [3.63, 3.8) is 0 Å². The molecule has 1 fully saturated rings. The van der Waals surface area contributed by atoms with Crippen molar-refractivity contribution in [2.75, 3.05) is 13.1 Å². The Morgan fingerprint density at radius 3 is 3.36 bits per heavy atom. The van der Waals surface area contributed by atoms with Crippen molar-refractivity contribution in [3.05, 3.63) is 23.9 Å². The van der Waals surface area contributed by atoms with Crippen LogP contribution in [0.3, 0.4) is 0 Å². The summed E-state index contributed by atoms with van der Waals surface area (Å²) in [6.07, 6.45) is 4.61. The molecule has 3 rings (SSSR count). The van der Waals surface area contributed by atoms with Crippen LogP contribution in [0.2, 0.25) is 0 Å². The molecule has 2 unspecified atom stereocenters.